The van der Waals surface area contributed by atoms with Gasteiger partial charge in [0.25, 0.3) is 0 Å². The molecule has 6 nitrogen and oxygen atoms in total. The molecule has 2 aliphatic rings. The molecule has 29 heavy (non-hydrogen) atoms. The predicted molar refractivity (Wildman–Crippen MR) is 113 cm³/mol. The number of halogens is 1. The molecule has 0 spiro atoms. The SMILES string of the molecule is CCNC(=NCC1(c2cccc(F)c2)CC1)NC1CCc2nc(C(C)C)nn2C1. The van der Waals surface area contributed by atoms with Crippen molar-refractivity contribution in [1.29, 1.82) is 0 Å². The van der Waals surface area contributed by atoms with Crippen molar-refractivity contribution in [3.8, 4) is 0 Å². The number of hydrogen-bond acceptors (Lipinski definition) is 3. The van der Waals surface area contributed by atoms with Gasteiger partial charge in [-0.1, -0.05) is 26.0 Å². The lowest BCUT2D eigenvalue weighted by Gasteiger charge is -2.25. The van der Waals surface area contributed by atoms with Gasteiger partial charge in [0.1, 0.15) is 11.6 Å². The van der Waals surface area contributed by atoms with E-state index in [-0.39, 0.29) is 17.3 Å². The van der Waals surface area contributed by atoms with Crippen molar-refractivity contribution in [2.45, 2.75) is 70.4 Å². The lowest BCUT2D eigenvalue weighted by atomic mass is 9.96. The molecule has 0 saturated heterocycles. The van der Waals surface area contributed by atoms with Gasteiger partial charge in [-0.3, -0.25) is 4.99 Å². The molecule has 1 fully saturated rings. The Kier molecular flexibility index (Phi) is 5.56. The fraction of sp³-hybridized carbons (Fsp3) is 0.591. The number of aryl methyl sites for hydroxylation is 1. The Morgan fingerprint density at radius 3 is 2.90 bits per heavy atom. The lowest BCUT2D eigenvalue weighted by molar-refractivity contribution is 0.391. The molecule has 0 bridgehead atoms. The molecule has 2 N–H and O–H groups in total. The maximum atomic E-state index is 13.7. The molecule has 1 saturated carbocycles. The van der Waals surface area contributed by atoms with Crippen LogP contribution in [-0.4, -0.2) is 39.9 Å². The number of rotatable bonds is 6. The minimum Gasteiger partial charge on any atom is -0.357 e. The largest absolute Gasteiger partial charge is 0.357 e. The van der Waals surface area contributed by atoms with Crippen molar-refractivity contribution in [3.05, 3.63) is 47.3 Å². The molecular formula is C22H31FN6. The van der Waals surface area contributed by atoms with Gasteiger partial charge in [-0.15, -0.1) is 0 Å². The van der Waals surface area contributed by atoms with E-state index in [1.54, 1.807) is 12.1 Å². The summed E-state index contributed by atoms with van der Waals surface area (Å²) >= 11 is 0. The molecule has 1 aliphatic carbocycles. The number of benzene rings is 1. The van der Waals surface area contributed by atoms with E-state index in [1.165, 1.54) is 6.07 Å². The second-order valence-corrected chi connectivity index (χ2v) is 8.59. The van der Waals surface area contributed by atoms with Crippen LogP contribution in [0.5, 0.6) is 0 Å². The average molecular weight is 399 g/mol. The first-order chi connectivity index (χ1) is 14.0. The van der Waals surface area contributed by atoms with Crippen LogP contribution in [0.4, 0.5) is 4.39 Å². The van der Waals surface area contributed by atoms with Gasteiger partial charge < -0.3 is 10.6 Å². The highest BCUT2D eigenvalue weighted by atomic mass is 19.1. The van der Waals surface area contributed by atoms with Gasteiger partial charge in [0.15, 0.2) is 11.8 Å². The van der Waals surface area contributed by atoms with Gasteiger partial charge in [-0.05, 0) is 43.9 Å². The van der Waals surface area contributed by atoms with E-state index in [1.807, 2.05) is 10.7 Å². The Balaban J connectivity index is 1.43. The summed E-state index contributed by atoms with van der Waals surface area (Å²) in [5.74, 6) is 3.00. The average Bonchev–Trinajstić information content (AvgIpc) is 3.37. The number of nitrogens with one attached hydrogen (secondary N) is 2. The first kappa shape index (κ1) is 19.9. The molecule has 1 unspecified atom stereocenters. The van der Waals surface area contributed by atoms with Gasteiger partial charge in [-0.2, -0.15) is 5.10 Å². The maximum Gasteiger partial charge on any atom is 0.191 e. The number of aliphatic imine (C=N–C) groups is 1. The number of guanidine groups is 1. The molecule has 2 aromatic rings. The molecule has 156 valence electrons. The van der Waals surface area contributed by atoms with E-state index < -0.39 is 0 Å². The molecule has 1 atom stereocenters. The molecule has 4 rings (SSSR count). The molecule has 2 heterocycles. The molecule has 1 aromatic carbocycles. The second-order valence-electron chi connectivity index (χ2n) is 8.59. The van der Waals surface area contributed by atoms with Crippen LogP contribution >= 0.6 is 0 Å². The Morgan fingerprint density at radius 2 is 2.21 bits per heavy atom. The Morgan fingerprint density at radius 1 is 1.38 bits per heavy atom. The highest BCUT2D eigenvalue weighted by Crippen LogP contribution is 2.48. The summed E-state index contributed by atoms with van der Waals surface area (Å²) in [6, 6.07) is 7.24. The number of hydrogen-bond donors (Lipinski definition) is 2. The second kappa shape index (κ2) is 8.13. The van der Waals surface area contributed by atoms with Gasteiger partial charge in [0.2, 0.25) is 0 Å². The van der Waals surface area contributed by atoms with E-state index in [0.717, 1.165) is 61.9 Å². The summed E-state index contributed by atoms with van der Waals surface area (Å²) in [4.78, 5) is 9.53. The van der Waals surface area contributed by atoms with Crippen molar-refractivity contribution in [2.24, 2.45) is 4.99 Å². The maximum absolute atomic E-state index is 13.7. The first-order valence-corrected chi connectivity index (χ1v) is 10.7. The van der Waals surface area contributed by atoms with Crippen LogP contribution in [0.1, 0.15) is 63.2 Å². The third-order valence-corrected chi connectivity index (χ3v) is 5.91. The van der Waals surface area contributed by atoms with Crippen molar-refractivity contribution in [3.63, 3.8) is 0 Å². The van der Waals surface area contributed by atoms with Crippen LogP contribution in [0.15, 0.2) is 29.3 Å². The summed E-state index contributed by atoms with van der Waals surface area (Å²) in [7, 11) is 0. The molecule has 1 aromatic heterocycles. The van der Waals surface area contributed by atoms with Crippen LogP contribution < -0.4 is 10.6 Å². The minimum absolute atomic E-state index is 0.0117. The standard InChI is InChI=1S/C22H31FN6/c1-4-24-21(25-14-22(10-11-22)16-6-5-7-17(23)12-16)26-18-8-9-19-27-20(15(2)3)28-29(19)13-18/h5-7,12,15,18H,4,8-11,13-14H2,1-3H3,(H2,24,25,26). The van der Waals surface area contributed by atoms with Crippen molar-refractivity contribution in [1.82, 2.24) is 25.4 Å². The van der Waals surface area contributed by atoms with Crippen LogP contribution in [0.2, 0.25) is 0 Å². The van der Waals surface area contributed by atoms with Gasteiger partial charge in [0.05, 0.1) is 13.1 Å². The van der Waals surface area contributed by atoms with Gasteiger partial charge >= 0.3 is 0 Å². The quantitative estimate of drug-likeness (QED) is 0.579. The number of aromatic nitrogens is 3. The summed E-state index contributed by atoms with van der Waals surface area (Å²) in [5, 5.41) is 11.6. The van der Waals surface area contributed by atoms with E-state index in [0.29, 0.717) is 12.5 Å². The fourth-order valence-corrected chi connectivity index (χ4v) is 3.94. The highest BCUT2D eigenvalue weighted by molar-refractivity contribution is 5.80. The lowest BCUT2D eigenvalue weighted by Crippen LogP contribution is -2.47. The van der Waals surface area contributed by atoms with E-state index in [9.17, 15) is 4.39 Å². The summed E-state index contributed by atoms with van der Waals surface area (Å²) in [6.45, 7) is 8.59. The Bertz CT molecular complexity index is 883. The summed E-state index contributed by atoms with van der Waals surface area (Å²) in [6.07, 6.45) is 4.05. The minimum atomic E-state index is -0.172. The number of fused-ring (bicyclic) bond motifs is 1. The normalized spacial score (nSPS) is 20.4. The molecule has 0 amide bonds. The van der Waals surface area contributed by atoms with Crippen molar-refractivity contribution in [2.75, 3.05) is 13.1 Å². The number of nitrogens with zero attached hydrogens (tertiary/aromatic N) is 4. The first-order valence-electron chi connectivity index (χ1n) is 10.7. The summed E-state index contributed by atoms with van der Waals surface area (Å²) < 4.78 is 15.7. The Hall–Kier alpha value is -2.44. The molecule has 1 aliphatic heterocycles. The van der Waals surface area contributed by atoms with E-state index in [4.69, 9.17) is 4.99 Å². The third kappa shape index (κ3) is 4.43. The van der Waals surface area contributed by atoms with Crippen molar-refractivity contribution >= 4 is 5.96 Å². The third-order valence-electron chi connectivity index (χ3n) is 5.91. The van der Waals surface area contributed by atoms with Gasteiger partial charge in [0, 0.05) is 30.3 Å². The van der Waals surface area contributed by atoms with E-state index in [2.05, 4.69) is 41.5 Å². The molecular weight excluding hydrogens is 367 g/mol. The smallest absolute Gasteiger partial charge is 0.191 e. The summed E-state index contributed by atoms with van der Waals surface area (Å²) in [5.41, 5.74) is 1.05. The van der Waals surface area contributed by atoms with E-state index >= 15 is 0 Å². The zero-order chi connectivity index (χ0) is 20.4. The Labute approximate surface area is 172 Å². The zero-order valence-corrected chi connectivity index (χ0v) is 17.6. The predicted octanol–water partition coefficient (Wildman–Crippen LogP) is 3.14. The van der Waals surface area contributed by atoms with Crippen LogP contribution in [0.25, 0.3) is 0 Å². The van der Waals surface area contributed by atoms with Crippen LogP contribution in [0.3, 0.4) is 0 Å². The molecule has 0 radical (unpaired) electrons. The zero-order valence-electron chi connectivity index (χ0n) is 17.6. The topological polar surface area (TPSA) is 67.1 Å². The monoisotopic (exact) mass is 398 g/mol. The van der Waals surface area contributed by atoms with Crippen LogP contribution in [0, 0.1) is 5.82 Å². The fourth-order valence-electron chi connectivity index (χ4n) is 3.94. The van der Waals surface area contributed by atoms with Gasteiger partial charge in [-0.25, -0.2) is 14.1 Å². The van der Waals surface area contributed by atoms with Crippen molar-refractivity contribution < 1.29 is 4.39 Å². The highest BCUT2D eigenvalue weighted by Gasteiger charge is 2.44. The molecule has 7 heteroatoms. The van der Waals surface area contributed by atoms with Crippen LogP contribution in [-0.2, 0) is 18.4 Å².